The minimum atomic E-state index is 0.751. The van der Waals surface area contributed by atoms with Gasteiger partial charge in [-0.25, -0.2) is 0 Å². The molecule has 0 atom stereocenters. The van der Waals surface area contributed by atoms with E-state index in [1.807, 2.05) is 0 Å². The lowest BCUT2D eigenvalue weighted by molar-refractivity contribution is 0.606. The molecule has 0 aromatic carbocycles. The maximum absolute atomic E-state index is 3.63. The zero-order valence-corrected chi connectivity index (χ0v) is 6.17. The Kier molecular flexibility index (Phi) is 5.07. The maximum atomic E-state index is 3.63. The molecule has 0 fully saturated rings. The summed E-state index contributed by atoms with van der Waals surface area (Å²) in [7, 11) is 0. The molecule has 0 aromatic rings. The van der Waals surface area contributed by atoms with Gasteiger partial charge in [-0.05, 0) is 18.8 Å². The number of hydrogen-bond acceptors (Lipinski definition) is 2. The summed E-state index contributed by atoms with van der Waals surface area (Å²) >= 11 is 0. The quantitative estimate of drug-likeness (QED) is 0.407. The molecule has 0 amide bonds. The molecule has 0 aliphatic heterocycles. The van der Waals surface area contributed by atoms with E-state index in [4.69, 9.17) is 0 Å². The molecular weight excluding hydrogens is 112 g/mol. The molecule has 0 spiro atoms. The van der Waals surface area contributed by atoms with Crippen LogP contribution in [0.15, 0.2) is 10.2 Å². The van der Waals surface area contributed by atoms with Gasteiger partial charge in [-0.2, -0.15) is 10.2 Å². The van der Waals surface area contributed by atoms with Crippen LogP contribution in [0.25, 0.3) is 0 Å². The molecule has 2 nitrogen and oxygen atoms in total. The average molecular weight is 126 g/mol. The predicted molar refractivity (Wildman–Crippen MR) is 42.1 cm³/mol. The lowest BCUT2D eigenvalue weighted by Gasteiger charge is -1.96. The number of rotatable bonds is 4. The highest BCUT2D eigenvalue weighted by Gasteiger charge is 1.88. The highest BCUT2D eigenvalue weighted by Crippen LogP contribution is 2.00. The second kappa shape index (κ2) is 5.48. The van der Waals surface area contributed by atoms with Crippen LogP contribution in [-0.4, -0.2) is 12.9 Å². The van der Waals surface area contributed by atoms with Gasteiger partial charge in [0.1, 0.15) is 0 Å². The summed E-state index contributed by atoms with van der Waals surface area (Å²) in [5.74, 6) is 0.751. The van der Waals surface area contributed by atoms with Crippen LogP contribution in [0, 0.1) is 5.92 Å². The Hall–Kier alpha value is -0.660. The summed E-state index contributed by atoms with van der Waals surface area (Å²) in [5.41, 5.74) is 0. The van der Waals surface area contributed by atoms with Crippen molar-refractivity contribution < 1.29 is 0 Å². The van der Waals surface area contributed by atoms with Crippen molar-refractivity contribution in [3.8, 4) is 0 Å². The molecular formula is C7H14N2. The second-order valence-corrected chi connectivity index (χ2v) is 2.41. The van der Waals surface area contributed by atoms with E-state index < -0.39 is 0 Å². The van der Waals surface area contributed by atoms with Gasteiger partial charge in [0, 0.05) is 12.9 Å². The van der Waals surface area contributed by atoms with Crippen LogP contribution in [-0.2, 0) is 0 Å². The Labute approximate surface area is 56.7 Å². The fourth-order valence-electron chi connectivity index (χ4n) is 0.523. The van der Waals surface area contributed by atoms with Gasteiger partial charge in [-0.1, -0.05) is 13.8 Å². The fourth-order valence-corrected chi connectivity index (χ4v) is 0.523. The molecule has 0 aromatic heterocycles. The first-order valence-electron chi connectivity index (χ1n) is 3.25. The molecule has 2 heteroatoms. The molecule has 0 aliphatic carbocycles. The Balaban J connectivity index is 3.08. The van der Waals surface area contributed by atoms with E-state index in [2.05, 4.69) is 30.8 Å². The highest BCUT2D eigenvalue weighted by atomic mass is 15.2. The van der Waals surface area contributed by atoms with Gasteiger partial charge in [0.15, 0.2) is 0 Å². The van der Waals surface area contributed by atoms with E-state index >= 15 is 0 Å². The van der Waals surface area contributed by atoms with E-state index in [-0.39, 0.29) is 0 Å². The minimum absolute atomic E-state index is 0.751. The Bertz CT molecular complexity index is 95.1. The standard InChI is InChI=1S/C7H14N2/c1-7(2)5-4-6-9-8-3/h6-7H,3-5H2,1-2H3/b9-6-. The van der Waals surface area contributed by atoms with Crippen LogP contribution in [0.3, 0.4) is 0 Å². The van der Waals surface area contributed by atoms with Gasteiger partial charge >= 0.3 is 0 Å². The van der Waals surface area contributed by atoms with Gasteiger partial charge in [0.25, 0.3) is 0 Å². The molecule has 0 N–H and O–H groups in total. The largest absolute Gasteiger partial charge is 0.167 e. The highest BCUT2D eigenvalue weighted by molar-refractivity contribution is 5.57. The second-order valence-electron chi connectivity index (χ2n) is 2.41. The molecule has 0 bridgehead atoms. The first-order chi connectivity index (χ1) is 4.27. The summed E-state index contributed by atoms with van der Waals surface area (Å²) in [6.07, 6.45) is 3.99. The maximum Gasteiger partial charge on any atom is 0.0270 e. The van der Waals surface area contributed by atoms with E-state index in [1.54, 1.807) is 6.21 Å². The first kappa shape index (κ1) is 8.34. The third-order valence-electron chi connectivity index (χ3n) is 1.04. The lowest BCUT2D eigenvalue weighted by Crippen LogP contribution is -1.86. The third kappa shape index (κ3) is 7.34. The molecule has 0 rings (SSSR count). The van der Waals surface area contributed by atoms with Crippen LogP contribution < -0.4 is 0 Å². The summed E-state index contributed by atoms with van der Waals surface area (Å²) in [5, 5.41) is 6.98. The van der Waals surface area contributed by atoms with E-state index in [0.29, 0.717) is 0 Å². The smallest absolute Gasteiger partial charge is 0.0270 e. The zero-order chi connectivity index (χ0) is 7.11. The van der Waals surface area contributed by atoms with Crippen LogP contribution in [0.1, 0.15) is 26.7 Å². The van der Waals surface area contributed by atoms with Gasteiger partial charge in [-0.15, -0.1) is 0 Å². The van der Waals surface area contributed by atoms with Crippen molar-refractivity contribution in [2.75, 3.05) is 0 Å². The van der Waals surface area contributed by atoms with Crippen LogP contribution in [0.5, 0.6) is 0 Å². The Morgan fingerprint density at radius 1 is 1.56 bits per heavy atom. The van der Waals surface area contributed by atoms with E-state index in [9.17, 15) is 0 Å². The summed E-state index contributed by atoms with van der Waals surface area (Å²) < 4.78 is 0. The average Bonchev–Trinajstić information content (AvgIpc) is 1.80. The van der Waals surface area contributed by atoms with Gasteiger partial charge in [-0.3, -0.25) is 0 Å². The fraction of sp³-hybridized carbons (Fsp3) is 0.714. The molecule has 52 valence electrons. The molecule has 0 aliphatic rings. The predicted octanol–water partition coefficient (Wildman–Crippen LogP) is 2.11. The third-order valence-corrected chi connectivity index (χ3v) is 1.04. The van der Waals surface area contributed by atoms with Gasteiger partial charge in [0.05, 0.1) is 0 Å². The van der Waals surface area contributed by atoms with Crippen molar-refractivity contribution in [3.05, 3.63) is 0 Å². The van der Waals surface area contributed by atoms with E-state index in [0.717, 1.165) is 12.3 Å². The number of nitrogens with zero attached hydrogens (tertiary/aromatic N) is 2. The molecule has 0 unspecified atom stereocenters. The van der Waals surface area contributed by atoms with Gasteiger partial charge < -0.3 is 0 Å². The van der Waals surface area contributed by atoms with E-state index in [1.165, 1.54) is 6.42 Å². The Morgan fingerprint density at radius 3 is 2.67 bits per heavy atom. The molecule has 9 heavy (non-hydrogen) atoms. The topological polar surface area (TPSA) is 24.7 Å². The zero-order valence-electron chi connectivity index (χ0n) is 6.17. The van der Waals surface area contributed by atoms with Crippen LogP contribution >= 0.6 is 0 Å². The molecule has 0 radical (unpaired) electrons. The summed E-state index contributed by atoms with van der Waals surface area (Å²) in [4.78, 5) is 0. The SMILES string of the molecule is C=N/N=C\CCC(C)C. The molecule has 0 saturated carbocycles. The normalized spacial score (nSPS) is 11.0. The molecule has 0 heterocycles. The van der Waals surface area contributed by atoms with Crippen molar-refractivity contribution >= 4 is 12.9 Å². The van der Waals surface area contributed by atoms with Crippen LogP contribution in [0.4, 0.5) is 0 Å². The van der Waals surface area contributed by atoms with Crippen LogP contribution in [0.2, 0.25) is 0 Å². The van der Waals surface area contributed by atoms with Crippen molar-refractivity contribution in [1.82, 2.24) is 0 Å². The Morgan fingerprint density at radius 2 is 2.22 bits per heavy atom. The monoisotopic (exact) mass is 126 g/mol. The van der Waals surface area contributed by atoms with Gasteiger partial charge in [0.2, 0.25) is 0 Å². The summed E-state index contributed by atoms with van der Waals surface area (Å²) in [6.45, 7) is 7.61. The lowest BCUT2D eigenvalue weighted by atomic mass is 10.1. The van der Waals surface area contributed by atoms with Crippen molar-refractivity contribution in [3.63, 3.8) is 0 Å². The van der Waals surface area contributed by atoms with Crippen molar-refractivity contribution in [2.24, 2.45) is 16.1 Å². The first-order valence-corrected chi connectivity index (χ1v) is 3.25. The minimum Gasteiger partial charge on any atom is -0.167 e. The van der Waals surface area contributed by atoms with Crippen molar-refractivity contribution in [1.29, 1.82) is 0 Å². The van der Waals surface area contributed by atoms with Crippen molar-refractivity contribution in [2.45, 2.75) is 26.7 Å². The summed E-state index contributed by atoms with van der Waals surface area (Å²) in [6, 6.07) is 0. The molecule has 0 saturated heterocycles. The number of hydrogen-bond donors (Lipinski definition) is 0.